The van der Waals surface area contributed by atoms with Gasteiger partial charge >= 0.3 is 6.03 Å². The number of hydrogen-bond acceptors (Lipinski definition) is 3. The van der Waals surface area contributed by atoms with Gasteiger partial charge in [0.2, 0.25) is 0 Å². The van der Waals surface area contributed by atoms with Crippen molar-refractivity contribution in [1.82, 2.24) is 16.0 Å². The van der Waals surface area contributed by atoms with Crippen molar-refractivity contribution in [1.29, 1.82) is 0 Å². The highest BCUT2D eigenvalue weighted by atomic mass is 16.2. The molecule has 21 heavy (non-hydrogen) atoms. The monoisotopic (exact) mass is 290 g/mol. The lowest BCUT2D eigenvalue weighted by Crippen LogP contribution is -2.38. The first-order valence-corrected chi connectivity index (χ1v) is 7.26. The fraction of sp³-hybridized carbons (Fsp3) is 0.467. The topological polar surface area (TPSA) is 96.2 Å². The summed E-state index contributed by atoms with van der Waals surface area (Å²) in [6.45, 7) is 3.12. The second kappa shape index (κ2) is 7.64. The molecular formula is C15H22N4O2. The average molecular weight is 290 g/mol. The standard InChI is InChI=1S/C15H22N4O2/c16-15(21)19-9-11-3-5-13(6-4-11)14(20)18-10-12-2-1-7-17-8-12/h3-6,12,17H,1-2,7-10H2,(H,18,20)(H3,16,19,21). The number of amides is 3. The van der Waals surface area contributed by atoms with Crippen LogP contribution in [0.1, 0.15) is 28.8 Å². The first-order chi connectivity index (χ1) is 10.1. The summed E-state index contributed by atoms with van der Waals surface area (Å²) in [6.07, 6.45) is 2.33. The zero-order chi connectivity index (χ0) is 15.1. The van der Waals surface area contributed by atoms with E-state index >= 15 is 0 Å². The van der Waals surface area contributed by atoms with Crippen LogP contribution >= 0.6 is 0 Å². The normalized spacial score (nSPS) is 18.0. The maximum Gasteiger partial charge on any atom is 0.312 e. The molecule has 5 N–H and O–H groups in total. The maximum absolute atomic E-state index is 12.0. The van der Waals surface area contributed by atoms with Crippen molar-refractivity contribution in [2.75, 3.05) is 19.6 Å². The Morgan fingerprint density at radius 1 is 1.24 bits per heavy atom. The van der Waals surface area contributed by atoms with Crippen LogP contribution in [0.4, 0.5) is 4.79 Å². The van der Waals surface area contributed by atoms with Gasteiger partial charge in [0.15, 0.2) is 0 Å². The molecule has 6 nitrogen and oxygen atoms in total. The predicted molar refractivity (Wildman–Crippen MR) is 80.8 cm³/mol. The van der Waals surface area contributed by atoms with Gasteiger partial charge in [-0.2, -0.15) is 0 Å². The Bertz CT molecular complexity index is 481. The molecule has 1 heterocycles. The van der Waals surface area contributed by atoms with Crippen molar-refractivity contribution in [3.8, 4) is 0 Å². The number of carbonyl (C=O) groups is 2. The van der Waals surface area contributed by atoms with Crippen molar-refractivity contribution in [2.45, 2.75) is 19.4 Å². The zero-order valence-electron chi connectivity index (χ0n) is 12.0. The molecule has 0 bridgehead atoms. The summed E-state index contributed by atoms with van der Waals surface area (Å²) >= 11 is 0. The fourth-order valence-electron chi connectivity index (χ4n) is 2.40. The van der Waals surface area contributed by atoms with Gasteiger partial charge in [-0.25, -0.2) is 4.79 Å². The van der Waals surface area contributed by atoms with Gasteiger partial charge < -0.3 is 21.7 Å². The van der Waals surface area contributed by atoms with E-state index in [1.165, 1.54) is 6.42 Å². The smallest absolute Gasteiger partial charge is 0.312 e. The van der Waals surface area contributed by atoms with E-state index in [0.717, 1.165) is 25.1 Å². The molecule has 1 unspecified atom stereocenters. The molecule has 0 radical (unpaired) electrons. The molecule has 114 valence electrons. The van der Waals surface area contributed by atoms with Crippen LogP contribution in [0, 0.1) is 5.92 Å². The van der Waals surface area contributed by atoms with Crippen LogP contribution in [0.3, 0.4) is 0 Å². The molecule has 0 aliphatic carbocycles. The maximum atomic E-state index is 12.0. The fourth-order valence-corrected chi connectivity index (χ4v) is 2.40. The third-order valence-electron chi connectivity index (χ3n) is 3.63. The van der Waals surface area contributed by atoms with E-state index in [9.17, 15) is 9.59 Å². The van der Waals surface area contributed by atoms with Crippen molar-refractivity contribution in [2.24, 2.45) is 11.7 Å². The summed E-state index contributed by atoms with van der Waals surface area (Å²) in [5.41, 5.74) is 6.54. The number of rotatable bonds is 5. The van der Waals surface area contributed by atoms with E-state index in [2.05, 4.69) is 16.0 Å². The van der Waals surface area contributed by atoms with E-state index in [0.29, 0.717) is 24.6 Å². The Hall–Kier alpha value is -2.08. The number of nitrogens with two attached hydrogens (primary N) is 1. The second-order valence-electron chi connectivity index (χ2n) is 5.34. The van der Waals surface area contributed by atoms with Crippen LogP contribution in [0.2, 0.25) is 0 Å². The van der Waals surface area contributed by atoms with E-state index in [1.54, 1.807) is 12.1 Å². The molecule has 1 atom stereocenters. The van der Waals surface area contributed by atoms with Gasteiger partial charge in [0.05, 0.1) is 0 Å². The van der Waals surface area contributed by atoms with Gasteiger partial charge in [-0.05, 0) is 49.5 Å². The number of nitrogens with one attached hydrogen (secondary N) is 3. The molecule has 1 fully saturated rings. The molecule has 0 saturated carbocycles. The van der Waals surface area contributed by atoms with Gasteiger partial charge in [0, 0.05) is 18.7 Å². The molecular weight excluding hydrogens is 268 g/mol. The Labute approximate surface area is 124 Å². The van der Waals surface area contributed by atoms with Gasteiger partial charge in [-0.3, -0.25) is 4.79 Å². The Morgan fingerprint density at radius 2 is 2.00 bits per heavy atom. The van der Waals surface area contributed by atoms with Crippen molar-refractivity contribution in [3.63, 3.8) is 0 Å². The minimum atomic E-state index is -0.557. The Balaban J connectivity index is 1.80. The van der Waals surface area contributed by atoms with E-state index in [1.807, 2.05) is 12.1 Å². The number of urea groups is 1. The largest absolute Gasteiger partial charge is 0.352 e. The minimum Gasteiger partial charge on any atom is -0.352 e. The third kappa shape index (κ3) is 5.07. The summed E-state index contributed by atoms with van der Waals surface area (Å²) in [6, 6.07) is 6.58. The molecule has 1 aromatic carbocycles. The Morgan fingerprint density at radius 3 is 2.62 bits per heavy atom. The van der Waals surface area contributed by atoms with Crippen molar-refractivity contribution in [3.05, 3.63) is 35.4 Å². The van der Waals surface area contributed by atoms with Gasteiger partial charge in [0.25, 0.3) is 5.91 Å². The summed E-state index contributed by atoms with van der Waals surface area (Å²) in [5.74, 6) is 0.455. The van der Waals surface area contributed by atoms with Crippen molar-refractivity contribution < 1.29 is 9.59 Å². The predicted octanol–water partition coefficient (Wildman–Crippen LogP) is 0.584. The van der Waals surface area contributed by atoms with Crippen LogP contribution in [-0.2, 0) is 6.54 Å². The summed E-state index contributed by atoms with van der Waals surface area (Å²) in [7, 11) is 0. The van der Waals surface area contributed by atoms with E-state index in [-0.39, 0.29) is 5.91 Å². The number of primary amides is 1. The SMILES string of the molecule is NC(=O)NCc1ccc(C(=O)NCC2CCCNC2)cc1. The van der Waals surface area contributed by atoms with Gasteiger partial charge in [-0.15, -0.1) is 0 Å². The molecule has 1 saturated heterocycles. The number of hydrogen-bond donors (Lipinski definition) is 4. The second-order valence-corrected chi connectivity index (χ2v) is 5.34. The van der Waals surface area contributed by atoms with E-state index in [4.69, 9.17) is 5.73 Å². The average Bonchev–Trinajstić information content (AvgIpc) is 2.52. The molecule has 3 amide bonds. The lowest BCUT2D eigenvalue weighted by atomic mass is 9.99. The molecule has 1 aliphatic heterocycles. The summed E-state index contributed by atoms with van der Waals surface area (Å²) in [5, 5.41) is 8.81. The Kier molecular flexibility index (Phi) is 5.57. The highest BCUT2D eigenvalue weighted by molar-refractivity contribution is 5.94. The number of benzene rings is 1. The first-order valence-electron chi connectivity index (χ1n) is 7.26. The lowest BCUT2D eigenvalue weighted by Gasteiger charge is -2.22. The van der Waals surface area contributed by atoms with Crippen LogP contribution in [0.15, 0.2) is 24.3 Å². The molecule has 1 aromatic rings. The van der Waals surface area contributed by atoms with Gasteiger partial charge in [-0.1, -0.05) is 12.1 Å². The first kappa shape index (κ1) is 15.3. The van der Waals surface area contributed by atoms with Crippen LogP contribution in [-0.4, -0.2) is 31.6 Å². The van der Waals surface area contributed by atoms with E-state index < -0.39 is 6.03 Å². The van der Waals surface area contributed by atoms with Crippen LogP contribution < -0.4 is 21.7 Å². The van der Waals surface area contributed by atoms with Crippen molar-refractivity contribution >= 4 is 11.9 Å². The van der Waals surface area contributed by atoms with Crippen LogP contribution in [0.25, 0.3) is 0 Å². The summed E-state index contributed by atoms with van der Waals surface area (Å²) < 4.78 is 0. The number of carbonyl (C=O) groups excluding carboxylic acids is 2. The molecule has 6 heteroatoms. The number of piperidine rings is 1. The zero-order valence-corrected chi connectivity index (χ0v) is 12.0. The minimum absolute atomic E-state index is 0.0602. The quantitative estimate of drug-likeness (QED) is 0.639. The highest BCUT2D eigenvalue weighted by Crippen LogP contribution is 2.09. The molecule has 0 spiro atoms. The lowest BCUT2D eigenvalue weighted by molar-refractivity contribution is 0.0945. The molecule has 2 rings (SSSR count). The molecule has 0 aromatic heterocycles. The summed E-state index contributed by atoms with van der Waals surface area (Å²) in [4.78, 5) is 22.7. The highest BCUT2D eigenvalue weighted by Gasteiger charge is 2.14. The van der Waals surface area contributed by atoms with Crippen LogP contribution in [0.5, 0.6) is 0 Å². The van der Waals surface area contributed by atoms with Gasteiger partial charge in [0.1, 0.15) is 0 Å². The third-order valence-corrected chi connectivity index (χ3v) is 3.63. The molecule has 1 aliphatic rings.